The van der Waals surface area contributed by atoms with E-state index in [0.717, 1.165) is 5.75 Å². The van der Waals surface area contributed by atoms with Crippen molar-refractivity contribution in [2.45, 2.75) is 111 Å². The van der Waals surface area contributed by atoms with Gasteiger partial charge in [0.25, 0.3) is 0 Å². The summed E-state index contributed by atoms with van der Waals surface area (Å²) in [5, 5.41) is 0. The molecule has 208 valence electrons. The van der Waals surface area contributed by atoms with Crippen molar-refractivity contribution >= 4 is 17.7 Å². The molecule has 0 N–H and O–H groups in total. The molecule has 0 aliphatic carbocycles. The van der Waals surface area contributed by atoms with Crippen LogP contribution in [-0.4, -0.2) is 18.8 Å². The number of hydrogen-bond acceptors (Lipinski definition) is 3. The molecular weight excluding hydrogens is 540 g/mol. The van der Waals surface area contributed by atoms with Gasteiger partial charge in [0, 0.05) is 0 Å². The second-order valence-electron chi connectivity index (χ2n) is 17.1. The van der Waals surface area contributed by atoms with E-state index in [-0.39, 0.29) is 10.7 Å². The first-order valence-electron chi connectivity index (χ1n) is 16.0. The van der Waals surface area contributed by atoms with Crippen LogP contribution >= 0.6 is 11.8 Å². The van der Waals surface area contributed by atoms with Crippen molar-refractivity contribution in [2.24, 2.45) is 0 Å². The number of fused-ring (bicyclic) bond motifs is 10. The van der Waals surface area contributed by atoms with Crippen LogP contribution in [-0.2, 0) is 27.2 Å². The summed E-state index contributed by atoms with van der Waals surface area (Å²) in [7, 11) is 1.55. The molecule has 10 aliphatic heterocycles. The van der Waals surface area contributed by atoms with Crippen LogP contribution in [0.15, 0.2) is 54.6 Å². The second-order valence-corrected chi connectivity index (χ2v) is 42.0. The first-order chi connectivity index (χ1) is 18.9. The maximum absolute atomic E-state index is 12.3. The summed E-state index contributed by atoms with van der Waals surface area (Å²) >= 11 is 2.19. The van der Waals surface area contributed by atoms with Crippen molar-refractivity contribution in [1.29, 1.82) is 0 Å². The molecule has 2 aromatic carbocycles. The Morgan fingerprint density at radius 3 is 1.95 bits per heavy atom. The summed E-state index contributed by atoms with van der Waals surface area (Å²) < 4.78 is 5.83. The Hall–Kier alpha value is -1.22. The molecule has 0 amide bonds. The van der Waals surface area contributed by atoms with E-state index in [9.17, 15) is 4.79 Å². The molecule has 10 fully saturated rings. The van der Waals surface area contributed by atoms with Crippen LogP contribution in [0.2, 0.25) is 47.7 Å². The van der Waals surface area contributed by atoms with Crippen molar-refractivity contribution in [2.75, 3.05) is 12.9 Å². The van der Waals surface area contributed by atoms with Crippen molar-refractivity contribution in [3.8, 4) is 0 Å². The molecule has 1 spiro atoms. The number of methoxy groups -OCH3 is 1. The zero-order valence-corrected chi connectivity index (χ0v) is 25.3. The fourth-order valence-electron chi connectivity index (χ4n) is 21.1. The number of benzene rings is 2. The van der Waals surface area contributed by atoms with Gasteiger partial charge in [-0.1, -0.05) is 13.3 Å². The molecule has 10 aliphatic rings. The standard InChI is InChI=1S/C30H37O2S.C5H5.Fe/c1-3-4-5-6-7-9-14-25-19-21-28(22-20-25)30(27-17-12-13-18-27,26-15-10-8-11-16-26)33-24-23-29(31)32-2;1-2-4-5-3-1;/h8,10-13,15-22H,3-7,9,14,23-24H2,1-2H3;1-5H;. The van der Waals surface area contributed by atoms with Gasteiger partial charge in [-0.3, -0.25) is 0 Å². The first-order valence-corrected chi connectivity index (χ1v) is 23.2. The van der Waals surface area contributed by atoms with E-state index in [0.29, 0.717) is 10.7 Å². The number of esters is 1. The van der Waals surface area contributed by atoms with Gasteiger partial charge < -0.3 is 0 Å². The van der Waals surface area contributed by atoms with Crippen molar-refractivity contribution in [1.82, 2.24) is 0 Å². The molecular formula is C35H42FeO2S. The molecule has 10 saturated heterocycles. The second kappa shape index (κ2) is 3.57. The number of carbonyl (C=O) groups excluding carboxylic acids is 1. The van der Waals surface area contributed by atoms with E-state index in [2.05, 4.69) is 73.3 Å². The van der Waals surface area contributed by atoms with Gasteiger partial charge in [-0.25, -0.2) is 0 Å². The molecule has 2 aromatic rings. The topological polar surface area (TPSA) is 26.3 Å². The molecule has 0 bridgehead atoms. The summed E-state index contributed by atoms with van der Waals surface area (Å²) in [6.07, 6.45) is 9.89. The summed E-state index contributed by atoms with van der Waals surface area (Å²) in [6.45, 7) is -1.23. The van der Waals surface area contributed by atoms with Crippen molar-refractivity contribution in [3.05, 3.63) is 71.3 Å². The van der Waals surface area contributed by atoms with E-state index < -0.39 is 6.51 Å². The van der Waals surface area contributed by atoms with Crippen molar-refractivity contribution < 1.29 is 16.0 Å². The van der Waals surface area contributed by atoms with Crippen LogP contribution in [0, 0.1) is 0 Å². The number of ether oxygens (including phenoxy) is 1. The third-order valence-corrected chi connectivity index (χ3v) is 64.7. The first kappa shape index (κ1) is 21.5. The molecule has 2 nitrogen and oxygen atoms in total. The summed E-state index contributed by atoms with van der Waals surface area (Å²) in [5.41, 5.74) is 4.67. The average Bonchev–Trinajstić information content (AvgIpc) is 3.92. The number of unbranched alkanes of at least 4 members (excludes halogenated alkanes) is 5. The molecule has 12 rings (SSSR count). The summed E-state index contributed by atoms with van der Waals surface area (Å²) in [5.74, 6) is 0.822. The number of aryl methyl sites for hydroxylation is 1. The Morgan fingerprint density at radius 2 is 1.41 bits per heavy atom. The predicted molar refractivity (Wildman–Crippen MR) is 156 cm³/mol. The average molecular weight is 583 g/mol. The fourth-order valence-corrected chi connectivity index (χ4v) is 99.6. The number of carbonyl (C=O) groups is 1. The maximum atomic E-state index is 12.3. The van der Waals surface area contributed by atoms with Gasteiger partial charge in [0.1, 0.15) is 0 Å². The van der Waals surface area contributed by atoms with Gasteiger partial charge in [0.15, 0.2) is 0 Å². The van der Waals surface area contributed by atoms with E-state index in [1.54, 1.807) is 18.2 Å². The third-order valence-electron chi connectivity index (χ3n) is 20.4. The molecule has 0 aromatic heterocycles. The number of rotatable bonds is 14. The van der Waals surface area contributed by atoms with E-state index in [4.69, 9.17) is 4.74 Å². The minimum atomic E-state index is -3.53. The van der Waals surface area contributed by atoms with Crippen LogP contribution in [0.1, 0.15) is 68.6 Å². The van der Waals surface area contributed by atoms with Gasteiger partial charge in [-0.15, -0.1) is 0 Å². The molecule has 10 heterocycles. The van der Waals surface area contributed by atoms with Gasteiger partial charge in [0.05, 0.1) is 0 Å². The number of thioether (sulfide) groups is 1. The molecule has 0 radical (unpaired) electrons. The van der Waals surface area contributed by atoms with E-state index >= 15 is 0 Å². The minimum absolute atomic E-state index is 0.0515. The molecule has 4 heteroatoms. The Balaban J connectivity index is 0.975. The van der Waals surface area contributed by atoms with Crippen LogP contribution < -0.4 is 0 Å². The normalized spacial score (nSPS) is 60.0. The third kappa shape index (κ3) is 0.620. The van der Waals surface area contributed by atoms with Gasteiger partial charge in [0.2, 0.25) is 0 Å². The zero-order valence-electron chi connectivity index (χ0n) is 23.3. The Labute approximate surface area is 227 Å². The van der Waals surface area contributed by atoms with Crippen LogP contribution in [0.4, 0.5) is 0 Å². The monoisotopic (exact) mass is 582 g/mol. The molecule has 5 atom stereocenters. The summed E-state index contributed by atoms with van der Waals surface area (Å²) in [6, 6.07) is 21.9. The Bertz CT molecular complexity index is 1740. The number of hydrogen-bond donors (Lipinski definition) is 0. The molecule has 5 unspecified atom stereocenters. The Morgan fingerprint density at radius 1 is 0.821 bits per heavy atom. The van der Waals surface area contributed by atoms with Crippen LogP contribution in [0.5, 0.6) is 0 Å². The van der Waals surface area contributed by atoms with Gasteiger partial charge in [-0.05, 0) is 0 Å². The SMILES string of the molecule is CCCCCCCCc1ccc(C(SCCC(=O)OC)(c2ccccc2)[C]23[CH]4[CH]5[CH]6[CH]2[Fe]56432789[CH]3[CH]2[CH]7[CH]8[CH]39)cc1. The van der Waals surface area contributed by atoms with Crippen molar-refractivity contribution in [3.63, 3.8) is 0 Å². The van der Waals surface area contributed by atoms with Crippen LogP contribution in [0.3, 0.4) is 0 Å². The van der Waals surface area contributed by atoms with Gasteiger partial charge in [-0.2, -0.15) is 0 Å². The zero-order chi connectivity index (χ0) is 26.0. The van der Waals surface area contributed by atoms with Crippen LogP contribution in [0.25, 0.3) is 0 Å². The molecule has 0 saturated carbocycles. The Kier molecular flexibility index (Phi) is 1.97. The summed E-state index contributed by atoms with van der Waals surface area (Å²) in [4.78, 5) is 23.7. The fraction of sp³-hybridized carbons (Fsp3) is 0.629. The van der Waals surface area contributed by atoms with Gasteiger partial charge >= 0.3 is 215 Å². The van der Waals surface area contributed by atoms with E-state index in [1.807, 2.05) is 0 Å². The van der Waals surface area contributed by atoms with E-state index in [1.165, 1.54) is 93.9 Å². The quantitative estimate of drug-likeness (QED) is 0.126. The molecule has 39 heavy (non-hydrogen) atoms. The predicted octanol–water partition coefficient (Wildman–Crippen LogP) is 9.89.